The van der Waals surface area contributed by atoms with Gasteiger partial charge in [-0.05, 0) is 5.92 Å². The van der Waals surface area contributed by atoms with Crippen molar-refractivity contribution >= 4 is 19.8 Å². The van der Waals surface area contributed by atoms with Crippen LogP contribution in [0.25, 0.3) is 0 Å². The standard InChI is InChI=1S/C11H23NOP/c1-7-9(2)11(8-14(5)6)12(4)10(3)13/h9,11H,5,7-8H2,1-4,6H3/q+1. The molecule has 0 aromatic rings. The summed E-state index contributed by atoms with van der Waals surface area (Å²) < 4.78 is 0. The van der Waals surface area contributed by atoms with E-state index in [1.54, 1.807) is 6.92 Å². The number of carbonyl (C=O) groups is 1. The lowest BCUT2D eigenvalue weighted by molar-refractivity contribution is -0.130. The van der Waals surface area contributed by atoms with Crippen molar-refractivity contribution in [1.82, 2.24) is 4.90 Å². The Morgan fingerprint density at radius 1 is 1.57 bits per heavy atom. The van der Waals surface area contributed by atoms with Gasteiger partial charge in [0, 0.05) is 14.0 Å². The third-order valence-corrected chi connectivity index (χ3v) is 3.79. The van der Waals surface area contributed by atoms with Crippen LogP contribution in [0.2, 0.25) is 0 Å². The van der Waals surface area contributed by atoms with Gasteiger partial charge in [0.25, 0.3) is 0 Å². The summed E-state index contributed by atoms with van der Waals surface area (Å²) in [6.07, 6.45) is 6.24. The molecule has 0 fully saturated rings. The number of carbonyl (C=O) groups excluding carboxylic acids is 1. The fourth-order valence-corrected chi connectivity index (χ4v) is 2.75. The molecule has 0 saturated heterocycles. The summed E-state index contributed by atoms with van der Waals surface area (Å²) in [6.45, 7) is 8.19. The SMILES string of the molecule is C=[P+](C)CC(C(C)CC)N(C)C(C)=O. The predicted octanol–water partition coefficient (Wildman–Crippen LogP) is 2.42. The molecule has 3 atom stereocenters. The Bertz CT molecular complexity index is 215. The van der Waals surface area contributed by atoms with Gasteiger partial charge in [0.05, 0.1) is 26.6 Å². The monoisotopic (exact) mass is 216 g/mol. The molecule has 3 unspecified atom stereocenters. The summed E-state index contributed by atoms with van der Waals surface area (Å²) in [7, 11) is 1.72. The van der Waals surface area contributed by atoms with Crippen molar-refractivity contribution in [2.75, 3.05) is 19.9 Å². The maximum absolute atomic E-state index is 11.3. The summed E-state index contributed by atoms with van der Waals surface area (Å²) in [6, 6.07) is 0.367. The number of hydrogen-bond acceptors (Lipinski definition) is 1. The van der Waals surface area contributed by atoms with E-state index in [1.165, 1.54) is 0 Å². The first-order chi connectivity index (χ1) is 6.40. The van der Waals surface area contributed by atoms with Crippen LogP contribution in [0.1, 0.15) is 27.2 Å². The van der Waals surface area contributed by atoms with Crippen LogP contribution in [0.3, 0.4) is 0 Å². The van der Waals surface area contributed by atoms with Crippen LogP contribution < -0.4 is 0 Å². The Morgan fingerprint density at radius 3 is 2.36 bits per heavy atom. The van der Waals surface area contributed by atoms with Crippen LogP contribution in [-0.2, 0) is 4.79 Å². The number of nitrogens with zero attached hydrogens (tertiary/aromatic N) is 1. The molecule has 14 heavy (non-hydrogen) atoms. The lowest BCUT2D eigenvalue weighted by Gasteiger charge is -2.29. The van der Waals surface area contributed by atoms with Crippen LogP contribution in [0.4, 0.5) is 0 Å². The zero-order valence-electron chi connectivity index (χ0n) is 10.1. The van der Waals surface area contributed by atoms with E-state index in [0.717, 1.165) is 12.6 Å². The maximum Gasteiger partial charge on any atom is 0.219 e. The number of hydrogen-bond donors (Lipinski definition) is 0. The van der Waals surface area contributed by atoms with Crippen LogP contribution >= 0.6 is 7.55 Å². The van der Waals surface area contributed by atoms with Crippen LogP contribution in [0.15, 0.2) is 0 Å². The summed E-state index contributed by atoms with van der Waals surface area (Å²) >= 11 is 0. The molecular formula is C11H23NOP+. The quantitative estimate of drug-likeness (QED) is 0.646. The minimum atomic E-state index is -0.179. The highest BCUT2D eigenvalue weighted by atomic mass is 31.1. The molecule has 0 aliphatic rings. The molecule has 3 heteroatoms. The van der Waals surface area contributed by atoms with Gasteiger partial charge in [0.15, 0.2) is 0 Å². The van der Waals surface area contributed by atoms with Gasteiger partial charge in [0.2, 0.25) is 5.91 Å². The summed E-state index contributed by atoms with van der Waals surface area (Å²) in [5.41, 5.74) is 0. The molecule has 0 spiro atoms. The van der Waals surface area contributed by atoms with Crippen molar-refractivity contribution in [3.05, 3.63) is 0 Å². The van der Waals surface area contributed by atoms with Crippen LogP contribution in [-0.4, -0.2) is 43.0 Å². The second-order valence-electron chi connectivity index (χ2n) is 4.12. The average molecular weight is 216 g/mol. The molecule has 0 rings (SSSR count). The van der Waals surface area contributed by atoms with E-state index in [9.17, 15) is 4.79 Å². The van der Waals surface area contributed by atoms with Crippen molar-refractivity contribution in [3.8, 4) is 0 Å². The van der Waals surface area contributed by atoms with E-state index in [4.69, 9.17) is 0 Å². The highest BCUT2D eigenvalue weighted by Crippen LogP contribution is 2.23. The predicted molar refractivity (Wildman–Crippen MR) is 66.5 cm³/mol. The van der Waals surface area contributed by atoms with Crippen molar-refractivity contribution in [2.45, 2.75) is 33.2 Å². The minimum Gasteiger partial charge on any atom is -0.339 e. The summed E-state index contributed by atoms with van der Waals surface area (Å²) in [5, 5.41) is 0. The van der Waals surface area contributed by atoms with Gasteiger partial charge in [0.1, 0.15) is 6.16 Å². The molecule has 0 bridgehead atoms. The third kappa shape index (κ3) is 4.23. The molecule has 0 heterocycles. The molecule has 0 aliphatic carbocycles. The second-order valence-corrected chi connectivity index (χ2v) is 6.20. The molecule has 0 aromatic heterocycles. The van der Waals surface area contributed by atoms with Crippen molar-refractivity contribution in [2.24, 2.45) is 5.92 Å². The van der Waals surface area contributed by atoms with E-state index in [0.29, 0.717) is 12.0 Å². The minimum absolute atomic E-state index is 0.159. The fraction of sp³-hybridized carbons (Fsp3) is 0.818. The van der Waals surface area contributed by atoms with Crippen LogP contribution in [0, 0.1) is 5.92 Å². The molecule has 0 N–H and O–H groups in total. The molecular weight excluding hydrogens is 193 g/mol. The fourth-order valence-electron chi connectivity index (χ4n) is 1.51. The molecule has 1 amide bonds. The first kappa shape index (κ1) is 13.6. The highest BCUT2D eigenvalue weighted by molar-refractivity contribution is 7.55. The van der Waals surface area contributed by atoms with Crippen molar-refractivity contribution in [3.63, 3.8) is 0 Å². The first-order valence-corrected chi connectivity index (χ1v) is 7.31. The van der Waals surface area contributed by atoms with Gasteiger partial charge >= 0.3 is 0 Å². The zero-order chi connectivity index (χ0) is 11.3. The lowest BCUT2D eigenvalue weighted by Crippen LogP contribution is -2.41. The Labute approximate surface area is 89.1 Å². The third-order valence-electron chi connectivity index (χ3n) is 2.79. The van der Waals surface area contributed by atoms with Crippen LogP contribution in [0.5, 0.6) is 0 Å². The van der Waals surface area contributed by atoms with E-state index in [-0.39, 0.29) is 13.5 Å². The molecule has 82 valence electrons. The largest absolute Gasteiger partial charge is 0.339 e. The lowest BCUT2D eigenvalue weighted by atomic mass is 9.99. The highest BCUT2D eigenvalue weighted by Gasteiger charge is 2.25. The van der Waals surface area contributed by atoms with Gasteiger partial charge in [-0.25, -0.2) is 0 Å². The Kier molecular flexibility index (Phi) is 6.03. The van der Waals surface area contributed by atoms with Gasteiger partial charge in [-0.1, -0.05) is 20.3 Å². The average Bonchev–Trinajstić information content (AvgIpc) is 2.11. The molecule has 0 saturated carbocycles. The van der Waals surface area contributed by atoms with Gasteiger partial charge in [-0.2, -0.15) is 0 Å². The summed E-state index contributed by atoms with van der Waals surface area (Å²) in [5.74, 6) is 0.725. The smallest absolute Gasteiger partial charge is 0.219 e. The Hall–Kier alpha value is -0.360. The van der Waals surface area contributed by atoms with Gasteiger partial charge < -0.3 is 4.90 Å². The Balaban J connectivity index is 4.53. The second kappa shape index (κ2) is 6.19. The van der Waals surface area contributed by atoms with Gasteiger partial charge in [-0.3, -0.25) is 4.79 Å². The van der Waals surface area contributed by atoms with Crippen molar-refractivity contribution in [1.29, 1.82) is 0 Å². The summed E-state index contributed by atoms with van der Waals surface area (Å²) in [4.78, 5) is 13.2. The topological polar surface area (TPSA) is 20.3 Å². The molecule has 2 nitrogen and oxygen atoms in total. The maximum atomic E-state index is 11.3. The first-order valence-electron chi connectivity index (χ1n) is 5.15. The van der Waals surface area contributed by atoms with E-state index < -0.39 is 0 Å². The molecule has 0 aliphatic heterocycles. The molecule has 0 radical (unpaired) electrons. The van der Waals surface area contributed by atoms with E-state index >= 15 is 0 Å². The normalized spacial score (nSPS) is 15.9. The van der Waals surface area contributed by atoms with E-state index in [1.807, 2.05) is 11.9 Å². The zero-order valence-corrected chi connectivity index (χ0v) is 11.0. The van der Waals surface area contributed by atoms with Crippen molar-refractivity contribution < 1.29 is 4.79 Å². The Morgan fingerprint density at radius 2 is 2.07 bits per heavy atom. The van der Waals surface area contributed by atoms with E-state index in [2.05, 4.69) is 26.8 Å². The number of rotatable bonds is 5. The molecule has 0 aromatic carbocycles. The van der Waals surface area contributed by atoms with Gasteiger partial charge in [-0.15, -0.1) is 0 Å². The number of amides is 1.